The van der Waals surface area contributed by atoms with Crippen LogP contribution in [0.4, 0.5) is 5.69 Å². The maximum absolute atomic E-state index is 12.0. The van der Waals surface area contributed by atoms with Gasteiger partial charge < -0.3 is 10.6 Å². The zero-order valence-electron chi connectivity index (χ0n) is 10.5. The fraction of sp³-hybridized carbons (Fsp3) is 0.500. The Balaban J connectivity index is 2.10. The summed E-state index contributed by atoms with van der Waals surface area (Å²) in [6.07, 6.45) is 5.21. The number of rotatable bonds is 2. The van der Waals surface area contributed by atoms with Gasteiger partial charge in [0.1, 0.15) is 0 Å². The molecule has 18 heavy (non-hydrogen) atoms. The number of likely N-dealkylation sites (tertiary alicyclic amines) is 1. The van der Waals surface area contributed by atoms with E-state index in [0.29, 0.717) is 13.0 Å². The number of hydrogen-bond acceptors (Lipinski definition) is 2. The van der Waals surface area contributed by atoms with Crippen LogP contribution in [-0.2, 0) is 11.3 Å². The lowest BCUT2D eigenvalue weighted by molar-refractivity contribution is -0.132. The zero-order chi connectivity index (χ0) is 13.0. The number of nitrogens with zero attached hydrogens (tertiary/aromatic N) is 1. The Morgan fingerprint density at radius 1 is 1.22 bits per heavy atom. The van der Waals surface area contributed by atoms with Crippen LogP contribution in [0.25, 0.3) is 0 Å². The number of amides is 1. The van der Waals surface area contributed by atoms with Gasteiger partial charge in [-0.25, -0.2) is 0 Å². The van der Waals surface area contributed by atoms with Crippen molar-refractivity contribution < 1.29 is 4.79 Å². The van der Waals surface area contributed by atoms with Gasteiger partial charge in [-0.2, -0.15) is 0 Å². The maximum Gasteiger partial charge on any atom is 0.222 e. The average molecular weight is 311 g/mol. The molecule has 2 rings (SSSR count). The molecule has 98 valence electrons. The number of carbonyl (C=O) groups excluding carboxylic acids is 1. The quantitative estimate of drug-likeness (QED) is 0.852. The van der Waals surface area contributed by atoms with Crippen molar-refractivity contribution in [2.24, 2.45) is 0 Å². The summed E-state index contributed by atoms with van der Waals surface area (Å²) >= 11 is 3.50. The Morgan fingerprint density at radius 2 is 2.00 bits per heavy atom. The first-order chi connectivity index (χ1) is 8.68. The molecule has 4 heteroatoms. The van der Waals surface area contributed by atoms with E-state index in [0.717, 1.165) is 35.1 Å². The van der Waals surface area contributed by atoms with Gasteiger partial charge in [-0.3, -0.25) is 4.79 Å². The molecule has 1 heterocycles. The molecular weight excluding hydrogens is 292 g/mol. The molecule has 0 spiro atoms. The van der Waals surface area contributed by atoms with Crippen molar-refractivity contribution in [1.29, 1.82) is 0 Å². The SMILES string of the molecule is Nc1cccc(CN2CCCCCCC2=O)c1Br. The minimum atomic E-state index is 0.268. The van der Waals surface area contributed by atoms with Crippen LogP contribution >= 0.6 is 15.9 Å². The molecule has 1 saturated heterocycles. The van der Waals surface area contributed by atoms with Crippen LogP contribution < -0.4 is 5.73 Å². The molecular formula is C14H19BrN2O. The molecule has 1 fully saturated rings. The van der Waals surface area contributed by atoms with Gasteiger partial charge in [0.15, 0.2) is 0 Å². The molecule has 1 aliphatic rings. The molecule has 3 nitrogen and oxygen atoms in total. The standard InChI is InChI=1S/C14H19BrN2O/c15-14-11(6-5-7-12(14)16)10-17-9-4-2-1-3-8-13(17)18/h5-7H,1-4,8-10,16H2. The number of halogens is 1. The maximum atomic E-state index is 12.0. The molecule has 0 radical (unpaired) electrons. The summed E-state index contributed by atoms with van der Waals surface area (Å²) < 4.78 is 0.917. The highest BCUT2D eigenvalue weighted by molar-refractivity contribution is 9.10. The molecule has 1 aliphatic heterocycles. The summed E-state index contributed by atoms with van der Waals surface area (Å²) in [5.74, 6) is 0.268. The molecule has 1 aromatic carbocycles. The van der Waals surface area contributed by atoms with Gasteiger partial charge in [0.25, 0.3) is 0 Å². The van der Waals surface area contributed by atoms with Crippen LogP contribution in [0.15, 0.2) is 22.7 Å². The Hall–Kier alpha value is -1.03. The predicted molar refractivity (Wildman–Crippen MR) is 77.1 cm³/mol. The van der Waals surface area contributed by atoms with Crippen LogP contribution in [0.1, 0.15) is 37.7 Å². The third-order valence-corrected chi connectivity index (χ3v) is 4.36. The minimum Gasteiger partial charge on any atom is -0.398 e. The molecule has 0 saturated carbocycles. The van der Waals surface area contributed by atoms with Crippen LogP contribution in [0.5, 0.6) is 0 Å². The summed E-state index contributed by atoms with van der Waals surface area (Å²) in [6, 6.07) is 5.82. The second-order valence-electron chi connectivity index (χ2n) is 4.80. The fourth-order valence-electron chi connectivity index (χ4n) is 2.31. The second kappa shape index (κ2) is 6.23. The van der Waals surface area contributed by atoms with E-state index in [2.05, 4.69) is 15.9 Å². The number of carbonyl (C=O) groups is 1. The highest BCUT2D eigenvalue weighted by Gasteiger charge is 2.17. The van der Waals surface area contributed by atoms with Crippen molar-refractivity contribution in [3.05, 3.63) is 28.2 Å². The number of anilines is 1. The summed E-state index contributed by atoms with van der Waals surface area (Å²) in [6.45, 7) is 1.52. The Labute approximate surface area is 116 Å². The predicted octanol–water partition coefficient (Wildman–Crippen LogP) is 3.32. The summed E-state index contributed by atoms with van der Waals surface area (Å²) in [7, 11) is 0. The van der Waals surface area contributed by atoms with Crippen LogP contribution in [0.2, 0.25) is 0 Å². The second-order valence-corrected chi connectivity index (χ2v) is 5.59. The smallest absolute Gasteiger partial charge is 0.222 e. The van der Waals surface area contributed by atoms with Crippen LogP contribution in [-0.4, -0.2) is 17.4 Å². The van der Waals surface area contributed by atoms with Gasteiger partial charge in [0, 0.05) is 29.7 Å². The molecule has 0 atom stereocenters. The normalized spacial score (nSPS) is 17.4. The van der Waals surface area contributed by atoms with E-state index in [1.807, 2.05) is 23.1 Å². The van der Waals surface area contributed by atoms with Crippen LogP contribution in [0.3, 0.4) is 0 Å². The van der Waals surface area contributed by atoms with E-state index in [-0.39, 0.29) is 5.91 Å². The zero-order valence-corrected chi connectivity index (χ0v) is 12.1. The average Bonchev–Trinajstić information content (AvgIpc) is 2.34. The number of nitrogen functional groups attached to an aromatic ring is 1. The lowest BCUT2D eigenvalue weighted by Gasteiger charge is -2.25. The third-order valence-electron chi connectivity index (χ3n) is 3.39. The molecule has 0 unspecified atom stereocenters. The van der Waals surface area contributed by atoms with Crippen molar-refractivity contribution in [3.8, 4) is 0 Å². The summed E-state index contributed by atoms with van der Waals surface area (Å²) in [5, 5.41) is 0. The van der Waals surface area contributed by atoms with Gasteiger partial charge in [-0.05, 0) is 40.4 Å². The molecule has 0 bridgehead atoms. The van der Waals surface area contributed by atoms with Crippen molar-refractivity contribution in [3.63, 3.8) is 0 Å². The van der Waals surface area contributed by atoms with Gasteiger partial charge in [0.05, 0.1) is 0 Å². The van der Waals surface area contributed by atoms with E-state index in [4.69, 9.17) is 5.73 Å². The van der Waals surface area contributed by atoms with Gasteiger partial charge in [-0.15, -0.1) is 0 Å². The molecule has 0 aliphatic carbocycles. The van der Waals surface area contributed by atoms with E-state index in [1.54, 1.807) is 0 Å². The first kappa shape index (κ1) is 13.4. The first-order valence-corrected chi connectivity index (χ1v) is 7.28. The fourth-order valence-corrected chi connectivity index (χ4v) is 2.70. The molecule has 1 aromatic rings. The van der Waals surface area contributed by atoms with Gasteiger partial charge in [0.2, 0.25) is 5.91 Å². The van der Waals surface area contributed by atoms with Crippen molar-refractivity contribution in [2.45, 2.75) is 38.6 Å². The number of nitrogens with two attached hydrogens (primary N) is 1. The van der Waals surface area contributed by atoms with Gasteiger partial charge in [-0.1, -0.05) is 25.0 Å². The van der Waals surface area contributed by atoms with Crippen LogP contribution in [0, 0.1) is 0 Å². The van der Waals surface area contributed by atoms with E-state index in [9.17, 15) is 4.79 Å². The first-order valence-electron chi connectivity index (χ1n) is 6.49. The molecule has 1 amide bonds. The van der Waals surface area contributed by atoms with E-state index >= 15 is 0 Å². The van der Waals surface area contributed by atoms with Crippen molar-refractivity contribution in [1.82, 2.24) is 4.90 Å². The highest BCUT2D eigenvalue weighted by atomic mass is 79.9. The Bertz CT molecular complexity index is 434. The molecule has 0 aromatic heterocycles. The third kappa shape index (κ3) is 3.25. The number of benzene rings is 1. The van der Waals surface area contributed by atoms with E-state index < -0.39 is 0 Å². The van der Waals surface area contributed by atoms with Gasteiger partial charge >= 0.3 is 0 Å². The Kier molecular flexibility index (Phi) is 4.64. The summed E-state index contributed by atoms with van der Waals surface area (Å²) in [4.78, 5) is 14.0. The summed E-state index contributed by atoms with van der Waals surface area (Å²) in [5.41, 5.74) is 7.68. The lowest BCUT2D eigenvalue weighted by Crippen LogP contribution is -2.32. The van der Waals surface area contributed by atoms with E-state index in [1.165, 1.54) is 12.8 Å². The largest absolute Gasteiger partial charge is 0.398 e. The molecule has 2 N–H and O–H groups in total. The topological polar surface area (TPSA) is 46.3 Å². The Morgan fingerprint density at radius 3 is 2.83 bits per heavy atom. The van der Waals surface area contributed by atoms with Crippen molar-refractivity contribution >= 4 is 27.5 Å². The highest BCUT2D eigenvalue weighted by Crippen LogP contribution is 2.25. The lowest BCUT2D eigenvalue weighted by atomic mass is 10.1. The number of hydrogen-bond donors (Lipinski definition) is 1. The monoisotopic (exact) mass is 310 g/mol. The van der Waals surface area contributed by atoms with Crippen molar-refractivity contribution in [2.75, 3.05) is 12.3 Å². The minimum absolute atomic E-state index is 0.268.